The Morgan fingerprint density at radius 1 is 1.62 bits per heavy atom. The molecular weight excluding hydrogens is 188 g/mol. The maximum absolute atomic E-state index is 5.52. The van der Waals surface area contributed by atoms with Crippen LogP contribution in [0, 0.1) is 0 Å². The molecule has 0 fully saturated rings. The first-order chi connectivity index (χ1) is 6.36. The number of alkyl halides is 1. The molecule has 1 rings (SSSR count). The number of aryl methyl sites for hydroxylation is 1. The van der Waals surface area contributed by atoms with Crippen LogP contribution in [0.4, 0.5) is 0 Å². The van der Waals surface area contributed by atoms with Crippen molar-refractivity contribution in [1.29, 1.82) is 0 Å². The summed E-state index contributed by atoms with van der Waals surface area (Å²) < 4.78 is 7.29. The van der Waals surface area contributed by atoms with Gasteiger partial charge in [-0.25, -0.2) is 0 Å². The van der Waals surface area contributed by atoms with Gasteiger partial charge in [-0.3, -0.25) is 4.68 Å². The van der Waals surface area contributed by atoms with Crippen molar-refractivity contribution >= 4 is 11.6 Å². The van der Waals surface area contributed by atoms with Crippen LogP contribution in [0.25, 0.3) is 0 Å². The first-order valence-corrected chi connectivity index (χ1v) is 5.11. The van der Waals surface area contributed by atoms with Crippen molar-refractivity contribution in [3.63, 3.8) is 0 Å². The Kier molecular flexibility index (Phi) is 4.68. The topological polar surface area (TPSA) is 27.1 Å². The van der Waals surface area contributed by atoms with Gasteiger partial charge >= 0.3 is 0 Å². The average molecular weight is 203 g/mol. The van der Waals surface area contributed by atoms with Crippen LogP contribution in [0.1, 0.15) is 19.8 Å². The van der Waals surface area contributed by atoms with Gasteiger partial charge in [0.05, 0.1) is 19.0 Å². The second-order valence-electron chi connectivity index (χ2n) is 2.83. The minimum atomic E-state index is 0.642. The number of rotatable bonds is 6. The van der Waals surface area contributed by atoms with Gasteiger partial charge in [0.2, 0.25) is 0 Å². The summed E-state index contributed by atoms with van der Waals surface area (Å²) in [6.45, 7) is 3.73. The van der Waals surface area contributed by atoms with Gasteiger partial charge in [-0.05, 0) is 12.8 Å². The Labute approximate surface area is 83.6 Å². The summed E-state index contributed by atoms with van der Waals surface area (Å²) in [5, 5.41) is 4.14. The number of hydrogen-bond acceptors (Lipinski definition) is 2. The van der Waals surface area contributed by atoms with E-state index in [1.54, 1.807) is 6.20 Å². The van der Waals surface area contributed by atoms with Crippen molar-refractivity contribution in [2.24, 2.45) is 0 Å². The van der Waals surface area contributed by atoms with Crippen LogP contribution in [0.3, 0.4) is 0 Å². The highest BCUT2D eigenvalue weighted by Crippen LogP contribution is 2.08. The molecule has 0 radical (unpaired) electrons. The lowest BCUT2D eigenvalue weighted by atomic mass is 10.5. The number of hydrogen-bond donors (Lipinski definition) is 0. The molecule has 0 unspecified atom stereocenters. The molecule has 0 aliphatic carbocycles. The summed E-state index contributed by atoms with van der Waals surface area (Å²) in [5.41, 5.74) is 0. The van der Waals surface area contributed by atoms with E-state index in [2.05, 4.69) is 12.0 Å². The molecule has 4 heteroatoms. The maximum Gasteiger partial charge on any atom is 0.157 e. The van der Waals surface area contributed by atoms with Gasteiger partial charge in [0.1, 0.15) is 0 Å². The predicted octanol–water partition coefficient (Wildman–Crippen LogP) is 2.30. The molecule has 0 aliphatic rings. The van der Waals surface area contributed by atoms with E-state index in [4.69, 9.17) is 16.3 Å². The van der Waals surface area contributed by atoms with Crippen molar-refractivity contribution in [2.45, 2.75) is 26.3 Å². The second kappa shape index (κ2) is 5.86. The van der Waals surface area contributed by atoms with E-state index >= 15 is 0 Å². The van der Waals surface area contributed by atoms with Crippen LogP contribution in [0.2, 0.25) is 0 Å². The summed E-state index contributed by atoms with van der Waals surface area (Å²) in [4.78, 5) is 0. The highest BCUT2D eigenvalue weighted by atomic mass is 35.5. The van der Waals surface area contributed by atoms with Crippen LogP contribution >= 0.6 is 11.6 Å². The van der Waals surface area contributed by atoms with Crippen LogP contribution < -0.4 is 4.74 Å². The molecule has 0 N–H and O–H groups in total. The SMILES string of the molecule is CCCn1cc(OCCCCl)cn1. The quantitative estimate of drug-likeness (QED) is 0.523. The van der Waals surface area contributed by atoms with Crippen LogP contribution in [0.5, 0.6) is 5.75 Å². The Morgan fingerprint density at radius 3 is 3.15 bits per heavy atom. The van der Waals surface area contributed by atoms with Crippen molar-refractivity contribution < 1.29 is 4.74 Å². The van der Waals surface area contributed by atoms with Crippen molar-refractivity contribution in [3.8, 4) is 5.75 Å². The molecule has 0 aliphatic heterocycles. The van der Waals surface area contributed by atoms with E-state index in [0.29, 0.717) is 12.5 Å². The summed E-state index contributed by atoms with van der Waals surface area (Å²) in [5.74, 6) is 1.47. The highest BCUT2D eigenvalue weighted by Gasteiger charge is 1.97. The van der Waals surface area contributed by atoms with Gasteiger partial charge in [-0.15, -0.1) is 11.6 Å². The molecule has 0 spiro atoms. The zero-order valence-corrected chi connectivity index (χ0v) is 8.63. The lowest BCUT2D eigenvalue weighted by Gasteiger charge is -1.99. The van der Waals surface area contributed by atoms with Crippen molar-refractivity contribution in [3.05, 3.63) is 12.4 Å². The molecule has 3 nitrogen and oxygen atoms in total. The van der Waals surface area contributed by atoms with E-state index < -0.39 is 0 Å². The van der Waals surface area contributed by atoms with Gasteiger partial charge in [-0.2, -0.15) is 5.10 Å². The van der Waals surface area contributed by atoms with Crippen molar-refractivity contribution in [2.75, 3.05) is 12.5 Å². The predicted molar refractivity (Wildman–Crippen MR) is 53.4 cm³/mol. The Balaban J connectivity index is 2.31. The lowest BCUT2D eigenvalue weighted by molar-refractivity contribution is 0.318. The van der Waals surface area contributed by atoms with Gasteiger partial charge in [0.25, 0.3) is 0 Å². The van der Waals surface area contributed by atoms with Gasteiger partial charge in [0.15, 0.2) is 5.75 Å². The molecule has 0 saturated heterocycles. The fraction of sp³-hybridized carbons (Fsp3) is 0.667. The molecule has 1 aromatic rings. The van der Waals surface area contributed by atoms with E-state index in [9.17, 15) is 0 Å². The minimum Gasteiger partial charge on any atom is -0.490 e. The third kappa shape index (κ3) is 3.68. The average Bonchev–Trinajstić information content (AvgIpc) is 2.54. The Hall–Kier alpha value is -0.700. The normalized spacial score (nSPS) is 10.3. The molecule has 0 saturated carbocycles. The minimum absolute atomic E-state index is 0.642. The molecule has 0 atom stereocenters. The Bertz CT molecular complexity index is 237. The molecule has 0 aromatic carbocycles. The standard InChI is InChI=1S/C9H15ClN2O/c1-2-5-12-8-9(7-11-12)13-6-3-4-10/h7-8H,2-6H2,1H3. The maximum atomic E-state index is 5.52. The van der Waals surface area contributed by atoms with Crippen LogP contribution in [0.15, 0.2) is 12.4 Å². The zero-order valence-electron chi connectivity index (χ0n) is 7.87. The third-order valence-corrected chi connectivity index (χ3v) is 1.88. The third-order valence-electron chi connectivity index (χ3n) is 1.61. The number of ether oxygens (including phenoxy) is 1. The molecule has 13 heavy (non-hydrogen) atoms. The first kappa shape index (κ1) is 10.4. The second-order valence-corrected chi connectivity index (χ2v) is 3.21. The van der Waals surface area contributed by atoms with E-state index in [1.165, 1.54) is 0 Å². The van der Waals surface area contributed by atoms with E-state index in [0.717, 1.165) is 25.1 Å². The molecule has 74 valence electrons. The molecule has 1 heterocycles. The smallest absolute Gasteiger partial charge is 0.157 e. The van der Waals surface area contributed by atoms with Crippen LogP contribution in [-0.4, -0.2) is 22.3 Å². The van der Waals surface area contributed by atoms with Gasteiger partial charge < -0.3 is 4.74 Å². The number of aromatic nitrogens is 2. The summed E-state index contributed by atoms with van der Waals surface area (Å²) in [6, 6.07) is 0. The summed E-state index contributed by atoms with van der Waals surface area (Å²) >= 11 is 5.52. The van der Waals surface area contributed by atoms with Crippen molar-refractivity contribution in [1.82, 2.24) is 9.78 Å². The van der Waals surface area contributed by atoms with Crippen LogP contribution in [-0.2, 0) is 6.54 Å². The van der Waals surface area contributed by atoms with Gasteiger partial charge in [0, 0.05) is 12.4 Å². The zero-order chi connectivity index (χ0) is 9.52. The largest absolute Gasteiger partial charge is 0.490 e. The molecular formula is C9H15ClN2O. The monoisotopic (exact) mass is 202 g/mol. The highest BCUT2D eigenvalue weighted by molar-refractivity contribution is 6.17. The molecule has 1 aromatic heterocycles. The number of halogens is 1. The molecule has 0 amide bonds. The fourth-order valence-corrected chi connectivity index (χ4v) is 1.12. The Morgan fingerprint density at radius 2 is 2.46 bits per heavy atom. The lowest BCUT2D eigenvalue weighted by Crippen LogP contribution is -1.97. The summed E-state index contributed by atoms with van der Waals surface area (Å²) in [6.07, 6.45) is 5.62. The van der Waals surface area contributed by atoms with E-state index in [-0.39, 0.29) is 0 Å². The summed E-state index contributed by atoms with van der Waals surface area (Å²) in [7, 11) is 0. The van der Waals surface area contributed by atoms with Gasteiger partial charge in [-0.1, -0.05) is 6.92 Å². The first-order valence-electron chi connectivity index (χ1n) is 4.58. The number of nitrogens with zero attached hydrogens (tertiary/aromatic N) is 2. The van der Waals surface area contributed by atoms with E-state index in [1.807, 2.05) is 10.9 Å². The fourth-order valence-electron chi connectivity index (χ4n) is 1.02. The molecule has 0 bridgehead atoms.